The molecule has 33 heavy (non-hydrogen) atoms. The second-order valence-electron chi connectivity index (χ2n) is 8.48. The Bertz CT molecular complexity index is 1160. The summed E-state index contributed by atoms with van der Waals surface area (Å²) < 4.78 is 1.44. The summed E-state index contributed by atoms with van der Waals surface area (Å²) in [6.07, 6.45) is 3.73. The van der Waals surface area contributed by atoms with E-state index < -0.39 is 4.92 Å². The van der Waals surface area contributed by atoms with Crippen molar-refractivity contribution in [2.24, 2.45) is 0 Å². The average molecular weight is 449 g/mol. The molecule has 1 fully saturated rings. The van der Waals surface area contributed by atoms with Crippen LogP contribution in [0.25, 0.3) is 5.69 Å². The van der Waals surface area contributed by atoms with Crippen molar-refractivity contribution in [1.29, 1.82) is 0 Å². The number of amides is 1. The van der Waals surface area contributed by atoms with Gasteiger partial charge in [-0.15, -0.1) is 5.10 Å². The van der Waals surface area contributed by atoms with Crippen LogP contribution in [0.4, 0.5) is 5.69 Å². The van der Waals surface area contributed by atoms with Crippen LogP contribution in [0.5, 0.6) is 0 Å². The molecule has 1 N–H and O–H groups in total. The predicted molar refractivity (Wildman–Crippen MR) is 124 cm³/mol. The van der Waals surface area contributed by atoms with Crippen LogP contribution in [-0.4, -0.2) is 43.3 Å². The Hall–Kier alpha value is -3.59. The quantitative estimate of drug-likeness (QED) is 0.435. The van der Waals surface area contributed by atoms with Gasteiger partial charge in [0.05, 0.1) is 16.3 Å². The number of nitrogens with zero attached hydrogens (tertiary/aromatic N) is 5. The smallest absolute Gasteiger partial charge is 0.274 e. The van der Waals surface area contributed by atoms with Gasteiger partial charge in [-0.2, -0.15) is 0 Å². The first-order valence-electron chi connectivity index (χ1n) is 11.2. The van der Waals surface area contributed by atoms with Gasteiger partial charge in [0.25, 0.3) is 11.6 Å². The van der Waals surface area contributed by atoms with Gasteiger partial charge in [0.1, 0.15) is 0 Å². The summed E-state index contributed by atoms with van der Waals surface area (Å²) in [7, 11) is 0. The lowest BCUT2D eigenvalue weighted by molar-refractivity contribution is -0.384. The van der Waals surface area contributed by atoms with E-state index in [2.05, 4.69) is 33.5 Å². The van der Waals surface area contributed by atoms with Gasteiger partial charge in [0.2, 0.25) is 0 Å². The molecule has 0 bridgehead atoms. The van der Waals surface area contributed by atoms with Crippen molar-refractivity contribution in [2.75, 3.05) is 6.54 Å². The average Bonchev–Trinajstić information content (AvgIpc) is 3.21. The van der Waals surface area contributed by atoms with E-state index >= 15 is 0 Å². The molecule has 1 amide bonds. The molecule has 1 saturated heterocycles. The maximum Gasteiger partial charge on any atom is 0.274 e. The first kappa shape index (κ1) is 22.6. The lowest BCUT2D eigenvalue weighted by Crippen LogP contribution is -2.37. The van der Waals surface area contributed by atoms with Crippen LogP contribution >= 0.6 is 0 Å². The zero-order valence-corrected chi connectivity index (χ0v) is 18.9. The molecule has 0 radical (unpaired) electrons. The third-order valence-electron chi connectivity index (χ3n) is 6.27. The van der Waals surface area contributed by atoms with Gasteiger partial charge in [-0.3, -0.25) is 19.8 Å². The third kappa shape index (κ3) is 5.09. The molecule has 0 aliphatic carbocycles. The van der Waals surface area contributed by atoms with Crippen molar-refractivity contribution in [1.82, 2.24) is 25.2 Å². The van der Waals surface area contributed by atoms with Crippen LogP contribution in [0, 0.1) is 17.0 Å². The minimum atomic E-state index is -0.467. The van der Waals surface area contributed by atoms with Crippen LogP contribution in [0.15, 0.2) is 48.5 Å². The highest BCUT2D eigenvalue weighted by Crippen LogP contribution is 2.21. The van der Waals surface area contributed by atoms with E-state index in [1.165, 1.54) is 41.6 Å². The summed E-state index contributed by atoms with van der Waals surface area (Å²) in [5.74, 6) is -0.328. The maximum absolute atomic E-state index is 12.9. The van der Waals surface area contributed by atoms with Gasteiger partial charge in [-0.25, -0.2) is 4.68 Å². The first-order valence-corrected chi connectivity index (χ1v) is 11.2. The number of nitro groups is 1. The van der Waals surface area contributed by atoms with Crippen molar-refractivity contribution in [3.63, 3.8) is 0 Å². The number of rotatable bonds is 7. The highest BCUT2D eigenvalue weighted by Gasteiger charge is 2.21. The second kappa shape index (κ2) is 9.91. The number of piperidine rings is 1. The molecule has 9 heteroatoms. The monoisotopic (exact) mass is 448 g/mol. The predicted octanol–water partition coefficient (Wildman–Crippen LogP) is 3.79. The SMILES string of the molecule is Cc1c(C(=O)NCc2ccccc2CN2CCCCC2C)nnn1-c1cccc([N+](=O)[O-])c1. The van der Waals surface area contributed by atoms with E-state index in [-0.39, 0.29) is 17.3 Å². The number of carbonyl (C=O) groups excluding carboxylic acids is 1. The van der Waals surface area contributed by atoms with E-state index in [4.69, 9.17) is 0 Å². The van der Waals surface area contributed by atoms with Crippen molar-refractivity contribution in [3.05, 3.63) is 81.2 Å². The molecule has 0 saturated carbocycles. The number of non-ortho nitro benzene ring substituents is 1. The Balaban J connectivity index is 1.46. The Morgan fingerprint density at radius 2 is 1.97 bits per heavy atom. The van der Waals surface area contributed by atoms with Gasteiger partial charge >= 0.3 is 0 Å². The third-order valence-corrected chi connectivity index (χ3v) is 6.27. The first-order chi connectivity index (χ1) is 15.9. The molecule has 1 atom stereocenters. The lowest BCUT2D eigenvalue weighted by atomic mass is 10.0. The van der Waals surface area contributed by atoms with Gasteiger partial charge in [0, 0.05) is 31.3 Å². The Kier molecular flexibility index (Phi) is 6.79. The highest BCUT2D eigenvalue weighted by atomic mass is 16.6. The highest BCUT2D eigenvalue weighted by molar-refractivity contribution is 5.93. The van der Waals surface area contributed by atoms with E-state index in [1.54, 1.807) is 19.1 Å². The largest absolute Gasteiger partial charge is 0.346 e. The molecule has 1 unspecified atom stereocenters. The molecular formula is C24H28N6O3. The fourth-order valence-electron chi connectivity index (χ4n) is 4.28. The van der Waals surface area contributed by atoms with Crippen molar-refractivity contribution >= 4 is 11.6 Å². The molecule has 1 aliphatic rings. The zero-order chi connectivity index (χ0) is 23.4. The summed E-state index contributed by atoms with van der Waals surface area (Å²) in [6.45, 7) is 6.35. The van der Waals surface area contributed by atoms with E-state index in [9.17, 15) is 14.9 Å². The van der Waals surface area contributed by atoms with Crippen LogP contribution in [0.3, 0.4) is 0 Å². The zero-order valence-electron chi connectivity index (χ0n) is 18.9. The Labute approximate surface area is 192 Å². The lowest BCUT2D eigenvalue weighted by Gasteiger charge is -2.33. The molecule has 9 nitrogen and oxygen atoms in total. The van der Waals surface area contributed by atoms with E-state index in [1.807, 2.05) is 18.2 Å². The number of likely N-dealkylation sites (tertiary alicyclic amines) is 1. The number of carbonyl (C=O) groups is 1. The van der Waals surface area contributed by atoms with Crippen molar-refractivity contribution in [2.45, 2.75) is 52.2 Å². The summed E-state index contributed by atoms with van der Waals surface area (Å²) >= 11 is 0. The van der Waals surface area contributed by atoms with Gasteiger partial charge < -0.3 is 5.32 Å². The Morgan fingerprint density at radius 3 is 2.73 bits per heavy atom. The number of hydrogen-bond donors (Lipinski definition) is 1. The molecule has 2 aromatic carbocycles. The van der Waals surface area contributed by atoms with E-state index in [0.717, 1.165) is 18.7 Å². The summed E-state index contributed by atoms with van der Waals surface area (Å²) in [5, 5.41) is 22.1. The fourth-order valence-corrected chi connectivity index (χ4v) is 4.28. The van der Waals surface area contributed by atoms with Crippen molar-refractivity contribution < 1.29 is 9.72 Å². The number of hydrogen-bond acceptors (Lipinski definition) is 6. The number of aromatic nitrogens is 3. The molecular weight excluding hydrogens is 420 g/mol. The minimum Gasteiger partial charge on any atom is -0.346 e. The standard InChI is InChI=1S/C24H28N6O3/c1-17-8-5-6-13-28(17)16-20-10-4-3-9-19(20)15-25-24(31)23-18(2)29(27-26-23)21-11-7-12-22(14-21)30(32)33/h3-4,7,9-12,14,17H,5-6,8,13,15-16H2,1-2H3,(H,25,31). The summed E-state index contributed by atoms with van der Waals surface area (Å²) in [6, 6.07) is 14.8. The molecule has 2 heterocycles. The van der Waals surface area contributed by atoms with Crippen LogP contribution < -0.4 is 5.32 Å². The second-order valence-corrected chi connectivity index (χ2v) is 8.48. The van der Waals surface area contributed by atoms with E-state index in [0.29, 0.717) is 24.0 Å². The molecule has 1 aliphatic heterocycles. The van der Waals surface area contributed by atoms with Crippen LogP contribution in [0.1, 0.15) is 53.5 Å². The number of nitrogens with one attached hydrogen (secondary N) is 1. The van der Waals surface area contributed by atoms with Gasteiger partial charge in [-0.1, -0.05) is 42.0 Å². The molecule has 4 rings (SSSR count). The normalized spacial score (nSPS) is 16.5. The topological polar surface area (TPSA) is 106 Å². The summed E-state index contributed by atoms with van der Waals surface area (Å²) in [4.78, 5) is 26.0. The minimum absolute atomic E-state index is 0.0481. The van der Waals surface area contributed by atoms with Crippen LogP contribution in [0.2, 0.25) is 0 Å². The fraction of sp³-hybridized carbons (Fsp3) is 0.375. The Morgan fingerprint density at radius 1 is 1.18 bits per heavy atom. The molecule has 1 aromatic heterocycles. The number of benzene rings is 2. The molecule has 3 aromatic rings. The number of nitro benzene ring substituents is 1. The van der Waals surface area contributed by atoms with Crippen molar-refractivity contribution in [3.8, 4) is 5.69 Å². The molecule has 172 valence electrons. The maximum atomic E-state index is 12.9. The van der Waals surface area contributed by atoms with Crippen LogP contribution in [-0.2, 0) is 13.1 Å². The summed E-state index contributed by atoms with van der Waals surface area (Å²) in [5.41, 5.74) is 3.44. The molecule has 0 spiro atoms. The van der Waals surface area contributed by atoms with Gasteiger partial charge in [-0.05, 0) is 50.4 Å². The van der Waals surface area contributed by atoms with Gasteiger partial charge in [0.15, 0.2) is 5.69 Å².